The molecule has 0 saturated carbocycles. The molecule has 0 unspecified atom stereocenters. The van der Waals surface area contributed by atoms with E-state index in [-0.39, 0.29) is 69.1 Å². The van der Waals surface area contributed by atoms with Gasteiger partial charge in [-0.05, 0) is 76.8 Å². The zero-order valence-corrected chi connectivity index (χ0v) is 49.1. The van der Waals surface area contributed by atoms with Gasteiger partial charge in [0.1, 0.15) is 48.0 Å². The largest absolute Gasteiger partial charge is 0.508 e. The summed E-state index contributed by atoms with van der Waals surface area (Å²) in [5, 5.41) is 42.5. The number of phenolic OH excluding ortho intramolecular Hbond substituents is 1. The van der Waals surface area contributed by atoms with Gasteiger partial charge in [-0.1, -0.05) is 129 Å². The predicted octanol–water partition coefficient (Wildman–Crippen LogP) is -1.54. The third kappa shape index (κ3) is 23.0. The lowest BCUT2D eigenvalue weighted by molar-refractivity contribution is -0.136. The Balaban J connectivity index is 1.28. The van der Waals surface area contributed by atoms with Gasteiger partial charge >= 0.3 is 6.03 Å². The Kier molecular flexibility index (Phi) is 27.1. The lowest BCUT2D eigenvalue weighted by Crippen LogP contribution is -2.61. The molecule has 5 aromatic carbocycles. The van der Waals surface area contributed by atoms with Gasteiger partial charge in [-0.3, -0.25) is 53.6 Å². The maximum Gasteiger partial charge on any atom is 0.334 e. The fourth-order valence-electron chi connectivity index (χ4n) is 9.14. The molecule has 27 heteroatoms. The molecule has 27 nitrogen and oxygen atoms in total. The number of phenols is 1. The number of rotatable bonds is 32. The molecule has 0 heterocycles. The quantitative estimate of drug-likeness (QED) is 0.0101. The van der Waals surface area contributed by atoms with E-state index >= 15 is 0 Å². The van der Waals surface area contributed by atoms with E-state index in [2.05, 4.69) is 58.4 Å². The predicted molar refractivity (Wildman–Crippen MR) is 327 cm³/mol. The molecule has 20 N–H and O–H groups in total. The summed E-state index contributed by atoms with van der Waals surface area (Å²) in [4.78, 5) is 140. The van der Waals surface area contributed by atoms with Gasteiger partial charge < -0.3 is 75.7 Å². The van der Waals surface area contributed by atoms with Crippen LogP contribution < -0.4 is 76.3 Å². The molecule has 11 amide bonds. The first-order valence-electron chi connectivity index (χ1n) is 28.4. The van der Waals surface area contributed by atoms with Crippen molar-refractivity contribution in [1.29, 1.82) is 0 Å². The van der Waals surface area contributed by atoms with Crippen molar-refractivity contribution in [2.45, 2.75) is 114 Å². The van der Waals surface area contributed by atoms with Crippen LogP contribution >= 0.6 is 0 Å². The van der Waals surface area contributed by atoms with Gasteiger partial charge in [0.05, 0.1) is 19.1 Å². The molecule has 0 saturated heterocycles. The third-order valence-corrected chi connectivity index (χ3v) is 13.8. The van der Waals surface area contributed by atoms with Crippen molar-refractivity contribution < 1.29 is 58.2 Å². The minimum absolute atomic E-state index is 0.00146. The number of nitrogens with one attached hydrogen (secondary N) is 10. The molecule has 0 aromatic heterocycles. The van der Waals surface area contributed by atoms with Crippen molar-refractivity contribution in [1.82, 2.24) is 53.4 Å². The minimum Gasteiger partial charge on any atom is -0.508 e. The zero-order valence-electron chi connectivity index (χ0n) is 49.1. The van der Waals surface area contributed by atoms with Gasteiger partial charge in [0.25, 0.3) is 5.91 Å². The Morgan fingerprint density at radius 3 is 1.57 bits per heavy atom. The lowest BCUT2D eigenvalue weighted by Gasteiger charge is -2.26. The Labute approximate surface area is 508 Å². The van der Waals surface area contributed by atoms with Crippen LogP contribution in [-0.4, -0.2) is 144 Å². The number of hydrogen-bond donors (Lipinski definition) is 16. The molecule has 0 bridgehead atoms. The molecule has 88 heavy (non-hydrogen) atoms. The van der Waals surface area contributed by atoms with E-state index in [1.165, 1.54) is 19.2 Å². The number of benzene rings is 5. The number of aliphatic hydroxyl groups is 1. The molecule has 8 atom stereocenters. The Morgan fingerprint density at radius 2 is 0.966 bits per heavy atom. The standard InChI is InChI=1S/C61H79N15O12/c1-35(2)27-46(55(83)68-44(19-12-26-67-60(65)66-3)54(82)69-45(52(64)80)30-36-13-6-4-7-14-36)74-61(88)76-75-59(87)48(31-37-15-8-5-9-16-37)71-58(86)50(34-77)73-57(85)49(33-51(63)79)72-56(84)47(32-39-20-23-40-17-10-11-18-41(40)28-39)70-53(81)43(62)29-38-21-24-42(78)25-22-38/h4-11,13-18,20-25,28,35,43-50,77-78H,12,19,26-27,29-34,62H2,1-3H3,(H2,63,79)(H2,64,80)(H,68,83)(H,69,82)(H,70,81)(H,71,86)(H,72,84)(H,73,85)(H,75,87)(H3,65,66,67)(H2,74,76,88)/t43-,44+,45+,46+,47+,48+,49+,50+/m1/s1. The number of guanidine groups is 1. The number of amides is 11. The fourth-order valence-corrected chi connectivity index (χ4v) is 9.14. The monoisotopic (exact) mass is 1210 g/mol. The maximum atomic E-state index is 14.2. The zero-order chi connectivity index (χ0) is 64.3. The van der Waals surface area contributed by atoms with Gasteiger partial charge in [-0.25, -0.2) is 10.2 Å². The Bertz CT molecular complexity index is 3230. The smallest absolute Gasteiger partial charge is 0.334 e. The number of hydrazine groups is 1. The fraction of sp³-hybridized carbons (Fsp3) is 0.361. The summed E-state index contributed by atoms with van der Waals surface area (Å²) < 4.78 is 0. The number of carbonyl (C=O) groups is 10. The summed E-state index contributed by atoms with van der Waals surface area (Å²) in [6.07, 6.45) is -0.723. The van der Waals surface area contributed by atoms with E-state index in [0.717, 1.165) is 10.8 Å². The normalized spacial score (nSPS) is 14.0. The molecular formula is C61H79N15O12. The Hall–Kier alpha value is -10.2. The van der Waals surface area contributed by atoms with Gasteiger partial charge in [-0.2, -0.15) is 0 Å². The van der Waals surface area contributed by atoms with Crippen LogP contribution in [0.4, 0.5) is 4.79 Å². The SMILES string of the molecule is CN=C(N)NCCC[C@H](NC(=O)[C@H](CC(C)C)NC(=O)NNC(=O)[C@H](Cc1ccccc1)NC(=O)[C@H](CO)NC(=O)[C@H](CC(N)=O)NC(=O)[C@H](Cc1ccc2ccccc2c1)NC(=O)[C@H](N)Cc1ccc(O)cc1)C(=O)N[C@@H](Cc1ccccc1)C(N)=O. The number of urea groups is 1. The summed E-state index contributed by atoms with van der Waals surface area (Å²) in [5.41, 5.74) is 30.1. The number of aliphatic imine (C=N–C) groups is 1. The van der Waals surface area contributed by atoms with Crippen LogP contribution in [-0.2, 0) is 68.8 Å². The topological polar surface area (TPSA) is 448 Å². The van der Waals surface area contributed by atoms with Crippen molar-refractivity contribution in [3.63, 3.8) is 0 Å². The van der Waals surface area contributed by atoms with Crippen molar-refractivity contribution in [3.05, 3.63) is 150 Å². The number of nitrogens with zero attached hydrogens (tertiary/aromatic N) is 1. The number of hydrogen-bond acceptors (Lipinski definition) is 14. The van der Waals surface area contributed by atoms with Crippen LogP contribution in [0, 0.1) is 5.92 Å². The summed E-state index contributed by atoms with van der Waals surface area (Å²) in [5.74, 6) is -8.49. The summed E-state index contributed by atoms with van der Waals surface area (Å²) in [6, 6.07) is 23.4. The van der Waals surface area contributed by atoms with E-state index < -0.39 is 121 Å². The number of carbonyl (C=O) groups excluding carboxylic acids is 10. The molecule has 0 spiro atoms. The van der Waals surface area contributed by atoms with E-state index in [9.17, 15) is 58.2 Å². The van der Waals surface area contributed by atoms with Crippen LogP contribution in [0.3, 0.4) is 0 Å². The maximum absolute atomic E-state index is 14.2. The van der Waals surface area contributed by atoms with Crippen molar-refractivity contribution in [2.24, 2.45) is 33.8 Å². The first-order valence-corrected chi connectivity index (χ1v) is 28.4. The molecule has 0 fully saturated rings. The minimum atomic E-state index is -1.83. The number of aromatic hydroxyl groups is 1. The molecule has 0 radical (unpaired) electrons. The highest BCUT2D eigenvalue weighted by molar-refractivity contribution is 5.99. The average Bonchev–Trinajstić information content (AvgIpc) is 3.67. The summed E-state index contributed by atoms with van der Waals surface area (Å²) >= 11 is 0. The van der Waals surface area contributed by atoms with Crippen LogP contribution in [0.25, 0.3) is 10.8 Å². The van der Waals surface area contributed by atoms with Gasteiger partial charge in [0.15, 0.2) is 5.96 Å². The van der Waals surface area contributed by atoms with Crippen LogP contribution in [0.15, 0.2) is 132 Å². The molecule has 5 aromatic rings. The van der Waals surface area contributed by atoms with Crippen molar-refractivity contribution in [3.8, 4) is 5.75 Å². The first-order chi connectivity index (χ1) is 42.0. The molecular weight excluding hydrogens is 1130 g/mol. The summed E-state index contributed by atoms with van der Waals surface area (Å²) in [7, 11) is 1.48. The number of fused-ring (bicyclic) bond motifs is 1. The second-order valence-corrected chi connectivity index (χ2v) is 21.3. The third-order valence-electron chi connectivity index (χ3n) is 13.8. The highest BCUT2D eigenvalue weighted by Crippen LogP contribution is 2.18. The first kappa shape index (κ1) is 68.6. The summed E-state index contributed by atoms with van der Waals surface area (Å²) in [6.45, 7) is 2.73. The lowest BCUT2D eigenvalue weighted by atomic mass is 9.99. The molecule has 0 aliphatic heterocycles. The average molecular weight is 1210 g/mol. The number of primary amides is 2. The van der Waals surface area contributed by atoms with Crippen LogP contribution in [0.5, 0.6) is 5.75 Å². The molecule has 5 rings (SSSR count). The Morgan fingerprint density at radius 1 is 0.489 bits per heavy atom. The highest BCUT2D eigenvalue weighted by Gasteiger charge is 2.34. The molecule has 470 valence electrons. The van der Waals surface area contributed by atoms with E-state index in [1.54, 1.807) is 98.8 Å². The molecule has 0 aliphatic carbocycles. The molecule has 0 aliphatic rings. The van der Waals surface area contributed by atoms with Gasteiger partial charge in [0, 0.05) is 32.9 Å². The van der Waals surface area contributed by atoms with Gasteiger partial charge in [-0.15, -0.1) is 0 Å². The number of aliphatic hydroxyl groups excluding tert-OH is 1. The van der Waals surface area contributed by atoms with Crippen molar-refractivity contribution in [2.75, 3.05) is 20.2 Å². The second-order valence-electron chi connectivity index (χ2n) is 21.3. The van der Waals surface area contributed by atoms with Crippen LogP contribution in [0.2, 0.25) is 0 Å². The van der Waals surface area contributed by atoms with E-state index in [1.807, 2.05) is 30.3 Å². The second kappa shape index (κ2) is 34.7. The highest BCUT2D eigenvalue weighted by atomic mass is 16.3. The van der Waals surface area contributed by atoms with Gasteiger partial charge in [0.2, 0.25) is 47.3 Å². The van der Waals surface area contributed by atoms with E-state index in [0.29, 0.717) is 22.3 Å². The van der Waals surface area contributed by atoms with Crippen molar-refractivity contribution >= 4 is 75.9 Å². The van der Waals surface area contributed by atoms with E-state index in [4.69, 9.17) is 22.9 Å². The number of nitrogens with two attached hydrogens (primary N) is 4. The van der Waals surface area contributed by atoms with Crippen LogP contribution in [0.1, 0.15) is 61.8 Å².